The van der Waals surface area contributed by atoms with Gasteiger partial charge in [-0.3, -0.25) is 14.4 Å². The first-order chi connectivity index (χ1) is 14.5. The van der Waals surface area contributed by atoms with Crippen LogP contribution in [0.4, 0.5) is 0 Å². The second kappa shape index (κ2) is 8.44. The van der Waals surface area contributed by atoms with Crippen LogP contribution >= 0.6 is 0 Å². The molecular weight excluding hydrogens is 376 g/mol. The number of hydrogen-bond donors (Lipinski definition) is 0. The Morgan fingerprint density at radius 2 is 1.67 bits per heavy atom. The van der Waals surface area contributed by atoms with Crippen molar-refractivity contribution in [3.05, 3.63) is 64.7 Å². The quantitative estimate of drug-likeness (QED) is 0.654. The van der Waals surface area contributed by atoms with Crippen molar-refractivity contribution in [3.63, 3.8) is 0 Å². The molecular formula is C23H30N6O. The number of amides is 1. The SMILES string of the molecule is CCn1cc(CN2CCN(C(=O)c3c(C)nn(-c4ccccc4)c3C)CC2)c(C)n1. The third kappa shape index (κ3) is 3.89. The van der Waals surface area contributed by atoms with E-state index in [2.05, 4.69) is 35.1 Å². The lowest BCUT2D eigenvalue weighted by atomic mass is 10.1. The molecule has 3 aromatic rings. The number of aryl methyl sites for hydroxylation is 3. The summed E-state index contributed by atoms with van der Waals surface area (Å²) in [6.07, 6.45) is 2.14. The highest BCUT2D eigenvalue weighted by Gasteiger charge is 2.27. The summed E-state index contributed by atoms with van der Waals surface area (Å²) in [5.41, 5.74) is 5.75. The number of nitrogens with zero attached hydrogens (tertiary/aromatic N) is 6. The average Bonchev–Trinajstić information content (AvgIpc) is 3.27. The van der Waals surface area contributed by atoms with Crippen molar-refractivity contribution in [1.29, 1.82) is 0 Å². The Morgan fingerprint density at radius 1 is 0.967 bits per heavy atom. The van der Waals surface area contributed by atoms with Gasteiger partial charge in [0.1, 0.15) is 0 Å². The van der Waals surface area contributed by atoms with Crippen LogP contribution in [0.2, 0.25) is 0 Å². The van der Waals surface area contributed by atoms with Crippen LogP contribution in [0, 0.1) is 20.8 Å². The molecule has 1 amide bonds. The third-order valence-electron chi connectivity index (χ3n) is 5.93. The minimum Gasteiger partial charge on any atom is -0.336 e. The van der Waals surface area contributed by atoms with Gasteiger partial charge in [0.05, 0.1) is 28.3 Å². The maximum atomic E-state index is 13.3. The molecule has 7 heteroatoms. The molecule has 7 nitrogen and oxygen atoms in total. The van der Waals surface area contributed by atoms with E-state index < -0.39 is 0 Å². The first-order valence-corrected chi connectivity index (χ1v) is 10.6. The lowest BCUT2D eigenvalue weighted by Crippen LogP contribution is -2.48. The van der Waals surface area contributed by atoms with Gasteiger partial charge < -0.3 is 4.90 Å². The van der Waals surface area contributed by atoms with Crippen LogP contribution < -0.4 is 0 Å². The highest BCUT2D eigenvalue weighted by atomic mass is 16.2. The summed E-state index contributed by atoms with van der Waals surface area (Å²) < 4.78 is 3.85. The van der Waals surface area contributed by atoms with Gasteiger partial charge in [-0.05, 0) is 39.8 Å². The first-order valence-electron chi connectivity index (χ1n) is 10.6. The number of aromatic nitrogens is 4. The molecule has 0 unspecified atom stereocenters. The maximum Gasteiger partial charge on any atom is 0.257 e. The van der Waals surface area contributed by atoms with E-state index in [1.807, 2.05) is 58.4 Å². The van der Waals surface area contributed by atoms with Crippen molar-refractivity contribution in [2.75, 3.05) is 26.2 Å². The Morgan fingerprint density at radius 3 is 2.30 bits per heavy atom. The molecule has 0 radical (unpaired) electrons. The van der Waals surface area contributed by atoms with E-state index in [1.54, 1.807) is 0 Å². The largest absolute Gasteiger partial charge is 0.336 e. The number of piperazine rings is 1. The number of benzene rings is 1. The second-order valence-electron chi connectivity index (χ2n) is 7.96. The van der Waals surface area contributed by atoms with E-state index in [0.717, 1.165) is 67.6 Å². The number of carbonyl (C=O) groups is 1. The smallest absolute Gasteiger partial charge is 0.257 e. The number of carbonyl (C=O) groups excluding carboxylic acids is 1. The van der Waals surface area contributed by atoms with Crippen molar-refractivity contribution in [3.8, 4) is 5.69 Å². The van der Waals surface area contributed by atoms with Crippen molar-refractivity contribution in [1.82, 2.24) is 29.4 Å². The predicted molar refractivity (Wildman–Crippen MR) is 117 cm³/mol. The molecule has 1 aliphatic rings. The molecule has 4 rings (SSSR count). The summed E-state index contributed by atoms with van der Waals surface area (Å²) in [5, 5.41) is 9.18. The van der Waals surface area contributed by atoms with E-state index in [0.29, 0.717) is 0 Å². The summed E-state index contributed by atoms with van der Waals surface area (Å²) in [5.74, 6) is 0.0850. The Labute approximate surface area is 177 Å². The average molecular weight is 407 g/mol. The van der Waals surface area contributed by atoms with Crippen LogP contribution in [-0.4, -0.2) is 61.4 Å². The van der Waals surface area contributed by atoms with Crippen molar-refractivity contribution < 1.29 is 4.79 Å². The summed E-state index contributed by atoms with van der Waals surface area (Å²) in [6, 6.07) is 9.97. The minimum atomic E-state index is 0.0850. The van der Waals surface area contributed by atoms with E-state index in [-0.39, 0.29) is 5.91 Å². The van der Waals surface area contributed by atoms with Crippen molar-refractivity contribution in [2.45, 2.75) is 40.8 Å². The van der Waals surface area contributed by atoms with Gasteiger partial charge in [-0.2, -0.15) is 10.2 Å². The molecule has 0 spiro atoms. The zero-order chi connectivity index (χ0) is 21.3. The molecule has 3 heterocycles. The zero-order valence-electron chi connectivity index (χ0n) is 18.3. The molecule has 0 saturated carbocycles. The molecule has 158 valence electrons. The van der Waals surface area contributed by atoms with E-state index in [9.17, 15) is 4.79 Å². The topological polar surface area (TPSA) is 59.2 Å². The van der Waals surface area contributed by atoms with Gasteiger partial charge >= 0.3 is 0 Å². The molecule has 0 aliphatic carbocycles. The number of para-hydroxylation sites is 1. The fourth-order valence-electron chi connectivity index (χ4n) is 4.16. The molecule has 30 heavy (non-hydrogen) atoms. The van der Waals surface area contributed by atoms with Crippen LogP contribution in [-0.2, 0) is 13.1 Å². The normalized spacial score (nSPS) is 15.0. The van der Waals surface area contributed by atoms with Crippen LogP contribution in [0.3, 0.4) is 0 Å². The van der Waals surface area contributed by atoms with Crippen LogP contribution in [0.25, 0.3) is 5.69 Å². The van der Waals surface area contributed by atoms with Gasteiger partial charge in [-0.15, -0.1) is 0 Å². The van der Waals surface area contributed by atoms with Crippen molar-refractivity contribution in [2.24, 2.45) is 0 Å². The Balaban J connectivity index is 1.43. The van der Waals surface area contributed by atoms with Gasteiger partial charge in [0.25, 0.3) is 5.91 Å². The summed E-state index contributed by atoms with van der Waals surface area (Å²) in [7, 11) is 0. The Kier molecular flexibility index (Phi) is 5.72. The lowest BCUT2D eigenvalue weighted by molar-refractivity contribution is 0.0626. The number of rotatable bonds is 5. The Bertz CT molecular complexity index is 1030. The highest BCUT2D eigenvalue weighted by Crippen LogP contribution is 2.21. The standard InChI is InChI=1S/C23H30N6O/c1-5-28-16-20(17(2)24-28)15-26-11-13-27(14-12-26)23(30)22-18(3)25-29(19(22)4)21-9-7-6-8-10-21/h6-10,16H,5,11-15H2,1-4H3. The Hall–Kier alpha value is -2.93. The minimum absolute atomic E-state index is 0.0850. The highest BCUT2D eigenvalue weighted by molar-refractivity contribution is 5.96. The molecule has 2 aromatic heterocycles. The zero-order valence-corrected chi connectivity index (χ0v) is 18.3. The van der Waals surface area contributed by atoms with Gasteiger partial charge in [-0.25, -0.2) is 4.68 Å². The molecule has 0 bridgehead atoms. The van der Waals surface area contributed by atoms with Gasteiger partial charge in [0.2, 0.25) is 0 Å². The van der Waals surface area contributed by atoms with Crippen molar-refractivity contribution >= 4 is 5.91 Å². The van der Waals surface area contributed by atoms with E-state index in [1.165, 1.54) is 5.56 Å². The molecule has 1 fully saturated rings. The molecule has 1 aromatic carbocycles. The van der Waals surface area contributed by atoms with Crippen LogP contribution in [0.1, 0.15) is 39.9 Å². The summed E-state index contributed by atoms with van der Waals surface area (Å²) in [6.45, 7) is 13.0. The van der Waals surface area contributed by atoms with Crippen LogP contribution in [0.5, 0.6) is 0 Å². The molecule has 1 aliphatic heterocycles. The molecule has 0 atom stereocenters. The fourth-order valence-corrected chi connectivity index (χ4v) is 4.16. The first kappa shape index (κ1) is 20.3. The fraction of sp³-hybridized carbons (Fsp3) is 0.435. The summed E-state index contributed by atoms with van der Waals surface area (Å²) in [4.78, 5) is 17.7. The second-order valence-corrected chi connectivity index (χ2v) is 7.96. The van der Waals surface area contributed by atoms with E-state index >= 15 is 0 Å². The monoisotopic (exact) mass is 406 g/mol. The maximum absolute atomic E-state index is 13.3. The molecule has 1 saturated heterocycles. The third-order valence-corrected chi connectivity index (χ3v) is 5.93. The van der Waals surface area contributed by atoms with Gasteiger partial charge in [-0.1, -0.05) is 18.2 Å². The van der Waals surface area contributed by atoms with Gasteiger partial charge in [0, 0.05) is 51.0 Å². The molecule has 0 N–H and O–H groups in total. The number of hydrogen-bond acceptors (Lipinski definition) is 4. The summed E-state index contributed by atoms with van der Waals surface area (Å²) >= 11 is 0. The van der Waals surface area contributed by atoms with Crippen LogP contribution in [0.15, 0.2) is 36.5 Å². The predicted octanol–water partition coefficient (Wildman–Crippen LogP) is 2.97. The van der Waals surface area contributed by atoms with Gasteiger partial charge in [0.15, 0.2) is 0 Å². The lowest BCUT2D eigenvalue weighted by Gasteiger charge is -2.34. The van der Waals surface area contributed by atoms with E-state index in [4.69, 9.17) is 0 Å².